The molecule has 3 amide bonds. The normalized spacial score (nSPS) is 18.0. The molecule has 0 saturated carbocycles. The fourth-order valence-electron chi connectivity index (χ4n) is 3.86. The van der Waals surface area contributed by atoms with Crippen LogP contribution < -0.4 is 9.47 Å². The number of carbonyl (C=O) groups excluding carboxylic acids is 3. The predicted octanol–water partition coefficient (Wildman–Crippen LogP) is 0.857. The third-order valence-electron chi connectivity index (χ3n) is 5.55. The number of piperidine rings is 1. The van der Waals surface area contributed by atoms with E-state index in [9.17, 15) is 14.4 Å². The van der Waals surface area contributed by atoms with Crippen molar-refractivity contribution in [1.29, 1.82) is 0 Å². The number of benzene rings is 1. The largest absolute Gasteiger partial charge is 0.496 e. The minimum Gasteiger partial charge on any atom is -0.496 e. The number of methoxy groups -OCH3 is 2. The Bertz CT molecular complexity index is 700. The van der Waals surface area contributed by atoms with E-state index in [2.05, 4.69) is 0 Å². The van der Waals surface area contributed by atoms with Gasteiger partial charge in [0.25, 0.3) is 5.91 Å². The van der Waals surface area contributed by atoms with Gasteiger partial charge in [0.1, 0.15) is 17.1 Å². The quantitative estimate of drug-likeness (QED) is 0.698. The first-order valence-corrected chi connectivity index (χ1v) is 9.57. The molecule has 0 atom stereocenters. The number of hydrogen-bond acceptors (Lipinski definition) is 5. The van der Waals surface area contributed by atoms with Gasteiger partial charge in [0.05, 0.1) is 14.2 Å². The maximum Gasteiger partial charge on any atom is 0.261 e. The number of rotatable bonds is 5. The lowest BCUT2D eigenvalue weighted by Crippen LogP contribution is -2.51. The second-order valence-corrected chi connectivity index (χ2v) is 7.07. The summed E-state index contributed by atoms with van der Waals surface area (Å²) in [6.07, 6.45) is 2.10. The van der Waals surface area contributed by atoms with Gasteiger partial charge < -0.3 is 24.2 Å². The van der Waals surface area contributed by atoms with Crippen molar-refractivity contribution in [2.45, 2.75) is 12.8 Å². The van der Waals surface area contributed by atoms with Crippen LogP contribution in [0.1, 0.15) is 23.2 Å². The molecule has 0 aliphatic carbocycles. The van der Waals surface area contributed by atoms with Crippen LogP contribution in [0.15, 0.2) is 18.2 Å². The highest BCUT2D eigenvalue weighted by Crippen LogP contribution is 2.31. The van der Waals surface area contributed by atoms with E-state index >= 15 is 0 Å². The number of carbonyl (C=O) groups is 3. The van der Waals surface area contributed by atoms with Crippen LogP contribution in [0.3, 0.4) is 0 Å². The third-order valence-corrected chi connectivity index (χ3v) is 5.55. The zero-order valence-electron chi connectivity index (χ0n) is 16.4. The van der Waals surface area contributed by atoms with Crippen LogP contribution in [0.5, 0.6) is 11.5 Å². The summed E-state index contributed by atoms with van der Waals surface area (Å²) < 4.78 is 10.7. The van der Waals surface area contributed by atoms with Crippen LogP contribution in [0.4, 0.5) is 0 Å². The second kappa shape index (κ2) is 8.95. The van der Waals surface area contributed by atoms with Crippen LogP contribution in [0, 0.1) is 5.92 Å². The van der Waals surface area contributed by atoms with E-state index in [1.54, 1.807) is 28.0 Å². The molecule has 2 aliphatic rings. The van der Waals surface area contributed by atoms with Gasteiger partial charge in [-0.05, 0) is 25.0 Å². The highest BCUT2D eigenvalue weighted by molar-refractivity contribution is 6.00. The minimum absolute atomic E-state index is 0.0774. The smallest absolute Gasteiger partial charge is 0.261 e. The van der Waals surface area contributed by atoms with Gasteiger partial charge in [-0.25, -0.2) is 0 Å². The van der Waals surface area contributed by atoms with Gasteiger partial charge in [-0.3, -0.25) is 14.4 Å². The second-order valence-electron chi connectivity index (χ2n) is 7.07. The van der Waals surface area contributed by atoms with Crippen molar-refractivity contribution >= 4 is 18.2 Å². The van der Waals surface area contributed by atoms with Crippen molar-refractivity contribution in [3.63, 3.8) is 0 Å². The van der Waals surface area contributed by atoms with Crippen LogP contribution in [-0.2, 0) is 9.59 Å². The number of piperazine rings is 1. The summed E-state index contributed by atoms with van der Waals surface area (Å²) in [7, 11) is 3.06. The molecule has 0 unspecified atom stereocenters. The topological polar surface area (TPSA) is 79.4 Å². The van der Waals surface area contributed by atoms with Crippen molar-refractivity contribution in [3.8, 4) is 11.5 Å². The van der Waals surface area contributed by atoms with Crippen molar-refractivity contribution in [2.24, 2.45) is 5.92 Å². The number of amides is 3. The Morgan fingerprint density at radius 1 is 0.929 bits per heavy atom. The summed E-state index contributed by atoms with van der Waals surface area (Å²) in [6.45, 7) is 3.36. The fraction of sp³-hybridized carbons (Fsp3) is 0.550. The summed E-state index contributed by atoms with van der Waals surface area (Å²) in [5, 5.41) is 0. The van der Waals surface area contributed by atoms with Crippen LogP contribution in [-0.4, -0.2) is 86.4 Å². The van der Waals surface area contributed by atoms with Gasteiger partial charge in [0.2, 0.25) is 12.3 Å². The molecule has 0 spiro atoms. The first-order chi connectivity index (χ1) is 13.6. The number of hydrogen-bond donors (Lipinski definition) is 0. The standard InChI is InChI=1S/C20H27N3O5/c1-27-16-4-3-5-17(28-2)18(16)20(26)22-8-6-15(7-9-22)19(25)23-12-10-21(14-24)11-13-23/h3-5,14-15H,6-13H2,1-2H3. The Hall–Kier alpha value is -2.77. The van der Waals surface area contributed by atoms with Crippen LogP contribution in [0.25, 0.3) is 0 Å². The third kappa shape index (κ3) is 4.05. The summed E-state index contributed by atoms with van der Waals surface area (Å²) >= 11 is 0. The fourth-order valence-corrected chi connectivity index (χ4v) is 3.86. The molecule has 152 valence electrons. The SMILES string of the molecule is COc1cccc(OC)c1C(=O)N1CCC(C(=O)N2CCN(C=O)CC2)CC1. The van der Waals surface area contributed by atoms with Crippen LogP contribution in [0.2, 0.25) is 0 Å². The lowest BCUT2D eigenvalue weighted by Gasteiger charge is -2.37. The van der Waals surface area contributed by atoms with E-state index in [-0.39, 0.29) is 17.7 Å². The molecule has 1 aromatic carbocycles. The summed E-state index contributed by atoms with van der Waals surface area (Å²) in [6, 6.07) is 5.26. The molecule has 0 radical (unpaired) electrons. The Balaban J connectivity index is 1.60. The summed E-state index contributed by atoms with van der Waals surface area (Å²) in [4.78, 5) is 41.9. The number of nitrogens with zero attached hydrogens (tertiary/aromatic N) is 3. The number of likely N-dealkylation sites (tertiary alicyclic amines) is 1. The van der Waals surface area contributed by atoms with E-state index in [0.717, 1.165) is 6.41 Å². The van der Waals surface area contributed by atoms with Gasteiger partial charge in [-0.1, -0.05) is 6.07 Å². The Labute approximate surface area is 165 Å². The van der Waals surface area contributed by atoms with Gasteiger partial charge in [0, 0.05) is 45.2 Å². The van der Waals surface area contributed by atoms with E-state index in [4.69, 9.17) is 9.47 Å². The first kappa shape index (κ1) is 20.0. The van der Waals surface area contributed by atoms with E-state index in [1.165, 1.54) is 14.2 Å². The molecular weight excluding hydrogens is 362 g/mol. The van der Waals surface area contributed by atoms with Crippen LogP contribution >= 0.6 is 0 Å². The van der Waals surface area contributed by atoms with Crippen molar-refractivity contribution in [1.82, 2.24) is 14.7 Å². The average Bonchev–Trinajstić information content (AvgIpc) is 2.77. The average molecular weight is 389 g/mol. The van der Waals surface area contributed by atoms with Crippen molar-refractivity contribution < 1.29 is 23.9 Å². The van der Waals surface area contributed by atoms with E-state index in [0.29, 0.717) is 69.2 Å². The highest BCUT2D eigenvalue weighted by Gasteiger charge is 2.33. The van der Waals surface area contributed by atoms with Gasteiger partial charge in [-0.15, -0.1) is 0 Å². The minimum atomic E-state index is -0.139. The predicted molar refractivity (Wildman–Crippen MR) is 102 cm³/mol. The van der Waals surface area contributed by atoms with Gasteiger partial charge in [0.15, 0.2) is 0 Å². The lowest BCUT2D eigenvalue weighted by atomic mass is 9.94. The Morgan fingerprint density at radius 3 is 2.00 bits per heavy atom. The molecular formula is C20H27N3O5. The summed E-state index contributed by atoms with van der Waals surface area (Å²) in [5.74, 6) is 0.880. The van der Waals surface area contributed by atoms with Gasteiger partial charge in [-0.2, -0.15) is 0 Å². The monoisotopic (exact) mass is 389 g/mol. The molecule has 0 aromatic heterocycles. The van der Waals surface area contributed by atoms with Crippen molar-refractivity contribution in [2.75, 3.05) is 53.5 Å². The Morgan fingerprint density at radius 2 is 1.50 bits per heavy atom. The molecule has 1 aromatic rings. The molecule has 8 nitrogen and oxygen atoms in total. The highest BCUT2D eigenvalue weighted by atomic mass is 16.5. The first-order valence-electron chi connectivity index (χ1n) is 9.57. The molecule has 0 N–H and O–H groups in total. The summed E-state index contributed by atoms with van der Waals surface area (Å²) in [5.41, 5.74) is 0.419. The van der Waals surface area contributed by atoms with E-state index < -0.39 is 0 Å². The molecule has 28 heavy (non-hydrogen) atoms. The molecule has 2 fully saturated rings. The number of ether oxygens (including phenoxy) is 2. The molecule has 0 bridgehead atoms. The zero-order valence-corrected chi connectivity index (χ0v) is 16.4. The Kier molecular flexibility index (Phi) is 6.38. The van der Waals surface area contributed by atoms with Crippen molar-refractivity contribution in [3.05, 3.63) is 23.8 Å². The lowest BCUT2D eigenvalue weighted by molar-refractivity contribution is -0.140. The van der Waals surface area contributed by atoms with E-state index in [1.807, 2.05) is 4.90 Å². The molecule has 3 rings (SSSR count). The molecule has 8 heteroatoms. The maximum absolute atomic E-state index is 13.0. The zero-order chi connectivity index (χ0) is 20.1. The molecule has 2 aliphatic heterocycles. The molecule has 2 saturated heterocycles. The maximum atomic E-state index is 13.0. The molecule has 2 heterocycles. The van der Waals surface area contributed by atoms with Gasteiger partial charge >= 0.3 is 0 Å².